The predicted molar refractivity (Wildman–Crippen MR) is 70.8 cm³/mol. The third-order valence-corrected chi connectivity index (χ3v) is 3.41. The van der Waals surface area contributed by atoms with E-state index >= 15 is 0 Å². The molecule has 0 spiro atoms. The lowest BCUT2D eigenvalue weighted by molar-refractivity contribution is 0.437. The molecule has 1 aliphatic rings. The molecule has 1 aromatic carbocycles. The minimum atomic E-state index is 0.598. The molecule has 3 heteroatoms. The summed E-state index contributed by atoms with van der Waals surface area (Å²) in [5, 5.41) is 1.20. The van der Waals surface area contributed by atoms with Gasteiger partial charge < -0.3 is 4.90 Å². The largest absolute Gasteiger partial charge is 0.374 e. The highest BCUT2D eigenvalue weighted by atomic mass is 35.5. The van der Waals surface area contributed by atoms with Crippen molar-refractivity contribution in [2.45, 2.75) is 6.92 Å². The molecule has 0 aromatic heterocycles. The van der Waals surface area contributed by atoms with Crippen molar-refractivity contribution < 1.29 is 0 Å². The second-order valence-electron chi connectivity index (χ2n) is 3.69. The molecule has 0 saturated carbocycles. The minimum Gasteiger partial charge on any atom is -0.374 e. The van der Waals surface area contributed by atoms with Crippen molar-refractivity contribution in [1.82, 2.24) is 4.90 Å². The summed E-state index contributed by atoms with van der Waals surface area (Å²) in [7, 11) is 0. The molecule has 0 bridgehead atoms. The average Bonchev–Trinajstić information content (AvgIpc) is 2.33. The summed E-state index contributed by atoms with van der Waals surface area (Å²) in [6.45, 7) is 4.12. The first kappa shape index (κ1) is 11.6. The number of likely N-dealkylation sites (N-methyl/N-ethyl adjacent to an activating group) is 1. The molecule has 0 unspecified atom stereocenters. The summed E-state index contributed by atoms with van der Waals surface area (Å²) in [5.41, 5.74) is 2.31. The van der Waals surface area contributed by atoms with Crippen LogP contribution in [0.3, 0.4) is 0 Å². The van der Waals surface area contributed by atoms with E-state index in [2.05, 4.69) is 30.2 Å². The van der Waals surface area contributed by atoms with E-state index in [-0.39, 0.29) is 0 Å². The van der Waals surface area contributed by atoms with Crippen molar-refractivity contribution in [1.29, 1.82) is 0 Å². The molecule has 0 radical (unpaired) electrons. The number of benzene rings is 1. The second-order valence-corrected chi connectivity index (χ2v) is 4.51. The van der Waals surface area contributed by atoms with Crippen LogP contribution in [0.15, 0.2) is 36.6 Å². The average molecular weight is 254 g/mol. The van der Waals surface area contributed by atoms with Crippen molar-refractivity contribution in [3.8, 4) is 0 Å². The molecule has 0 aliphatic carbocycles. The highest BCUT2D eigenvalue weighted by molar-refractivity contribution is 6.42. The Morgan fingerprint density at radius 2 is 2.06 bits per heavy atom. The molecule has 1 aromatic rings. The predicted octanol–water partition coefficient (Wildman–Crippen LogP) is 4.23. The first-order valence-electron chi connectivity index (χ1n) is 5.28. The lowest BCUT2D eigenvalue weighted by atomic mass is 10.0. The third-order valence-electron chi connectivity index (χ3n) is 2.67. The lowest BCUT2D eigenvalue weighted by Crippen LogP contribution is -2.18. The number of nitrogens with zero attached hydrogens (tertiary/aromatic N) is 1. The van der Waals surface area contributed by atoms with Crippen LogP contribution in [0.4, 0.5) is 0 Å². The molecule has 1 heterocycles. The molecular formula is C13H13Cl2N. The van der Waals surface area contributed by atoms with Crippen molar-refractivity contribution in [3.05, 3.63) is 52.2 Å². The fraction of sp³-hybridized carbons (Fsp3) is 0.231. The fourth-order valence-corrected chi connectivity index (χ4v) is 1.95. The van der Waals surface area contributed by atoms with Crippen LogP contribution < -0.4 is 0 Å². The van der Waals surface area contributed by atoms with Gasteiger partial charge in [-0.2, -0.15) is 0 Å². The molecule has 16 heavy (non-hydrogen) atoms. The molecule has 0 amide bonds. The lowest BCUT2D eigenvalue weighted by Gasteiger charge is -2.20. The number of halogens is 2. The number of hydrogen-bond donors (Lipinski definition) is 0. The highest BCUT2D eigenvalue weighted by Crippen LogP contribution is 2.27. The molecule has 84 valence electrons. The van der Waals surface area contributed by atoms with Crippen LogP contribution in [0.5, 0.6) is 0 Å². The summed E-state index contributed by atoms with van der Waals surface area (Å²) in [5.74, 6) is 0. The van der Waals surface area contributed by atoms with Gasteiger partial charge in [-0.1, -0.05) is 35.3 Å². The van der Waals surface area contributed by atoms with Crippen LogP contribution >= 0.6 is 23.2 Å². The van der Waals surface area contributed by atoms with Gasteiger partial charge in [-0.15, -0.1) is 0 Å². The van der Waals surface area contributed by atoms with E-state index in [0.717, 1.165) is 18.7 Å². The zero-order chi connectivity index (χ0) is 11.5. The van der Waals surface area contributed by atoms with Gasteiger partial charge in [0.2, 0.25) is 0 Å². The van der Waals surface area contributed by atoms with Crippen molar-refractivity contribution in [2.24, 2.45) is 0 Å². The van der Waals surface area contributed by atoms with E-state index in [4.69, 9.17) is 23.2 Å². The van der Waals surface area contributed by atoms with Gasteiger partial charge in [0.25, 0.3) is 0 Å². The Bertz CT molecular complexity index is 449. The summed E-state index contributed by atoms with van der Waals surface area (Å²) >= 11 is 11.9. The maximum absolute atomic E-state index is 6.00. The van der Waals surface area contributed by atoms with E-state index in [0.29, 0.717) is 10.0 Å². The van der Waals surface area contributed by atoms with Gasteiger partial charge >= 0.3 is 0 Å². The number of rotatable bonds is 2. The van der Waals surface area contributed by atoms with E-state index in [1.54, 1.807) is 0 Å². The zero-order valence-electron chi connectivity index (χ0n) is 9.08. The van der Waals surface area contributed by atoms with Crippen LogP contribution in [-0.4, -0.2) is 18.0 Å². The summed E-state index contributed by atoms with van der Waals surface area (Å²) in [6, 6.07) is 5.73. The molecule has 1 aliphatic heterocycles. The Kier molecular flexibility index (Phi) is 3.57. The molecule has 0 saturated heterocycles. The van der Waals surface area contributed by atoms with Crippen LogP contribution in [0.2, 0.25) is 10.0 Å². The van der Waals surface area contributed by atoms with Gasteiger partial charge in [-0.05, 0) is 42.5 Å². The Hall–Kier alpha value is -0.920. The summed E-state index contributed by atoms with van der Waals surface area (Å²) < 4.78 is 0. The van der Waals surface area contributed by atoms with Gasteiger partial charge in [0.1, 0.15) is 0 Å². The maximum atomic E-state index is 6.00. The third kappa shape index (κ3) is 2.42. The van der Waals surface area contributed by atoms with Crippen LogP contribution in [0.1, 0.15) is 12.5 Å². The van der Waals surface area contributed by atoms with Crippen LogP contribution in [-0.2, 0) is 0 Å². The molecule has 0 N–H and O–H groups in total. The molecule has 2 rings (SSSR count). The summed E-state index contributed by atoms with van der Waals surface area (Å²) in [6.07, 6.45) is 6.41. The van der Waals surface area contributed by atoms with E-state index in [9.17, 15) is 0 Å². The van der Waals surface area contributed by atoms with Crippen molar-refractivity contribution >= 4 is 28.8 Å². The first-order valence-corrected chi connectivity index (χ1v) is 6.04. The SMILES string of the molecule is CCN1C=CC(c2ccc(Cl)c(Cl)c2)=CC1. The number of hydrogen-bond acceptors (Lipinski definition) is 1. The standard InChI is InChI=1S/C13H13Cl2N/c1-2-16-7-5-10(6-8-16)11-3-4-12(14)13(15)9-11/h3-7,9H,2,8H2,1H3. The minimum absolute atomic E-state index is 0.598. The second kappa shape index (κ2) is 4.94. The van der Waals surface area contributed by atoms with Gasteiger partial charge in [-0.3, -0.25) is 0 Å². The summed E-state index contributed by atoms with van der Waals surface area (Å²) in [4.78, 5) is 2.24. The van der Waals surface area contributed by atoms with E-state index < -0.39 is 0 Å². The topological polar surface area (TPSA) is 3.24 Å². The Morgan fingerprint density at radius 1 is 1.25 bits per heavy atom. The molecule has 0 fully saturated rings. The Balaban J connectivity index is 2.23. The molecular weight excluding hydrogens is 241 g/mol. The number of allylic oxidation sites excluding steroid dienone is 2. The van der Waals surface area contributed by atoms with Gasteiger partial charge in [0, 0.05) is 13.1 Å². The van der Waals surface area contributed by atoms with Crippen LogP contribution in [0, 0.1) is 0 Å². The normalized spacial score (nSPS) is 15.2. The smallest absolute Gasteiger partial charge is 0.0598 e. The van der Waals surface area contributed by atoms with Gasteiger partial charge in [0.05, 0.1) is 10.0 Å². The highest BCUT2D eigenvalue weighted by Gasteiger charge is 2.06. The maximum Gasteiger partial charge on any atom is 0.0598 e. The quantitative estimate of drug-likeness (QED) is 0.763. The van der Waals surface area contributed by atoms with E-state index in [1.165, 1.54) is 5.57 Å². The van der Waals surface area contributed by atoms with Crippen LogP contribution in [0.25, 0.3) is 5.57 Å². The Labute approximate surface area is 106 Å². The fourth-order valence-electron chi connectivity index (χ4n) is 1.65. The van der Waals surface area contributed by atoms with Gasteiger partial charge in [-0.25, -0.2) is 0 Å². The van der Waals surface area contributed by atoms with E-state index in [1.807, 2.05) is 18.2 Å². The molecule has 0 atom stereocenters. The van der Waals surface area contributed by atoms with Gasteiger partial charge in [0.15, 0.2) is 0 Å². The van der Waals surface area contributed by atoms with Crippen molar-refractivity contribution in [2.75, 3.05) is 13.1 Å². The zero-order valence-corrected chi connectivity index (χ0v) is 10.6. The monoisotopic (exact) mass is 253 g/mol. The van der Waals surface area contributed by atoms with Crippen molar-refractivity contribution in [3.63, 3.8) is 0 Å². The Morgan fingerprint density at radius 3 is 2.62 bits per heavy atom. The first-order chi connectivity index (χ1) is 7.70. The molecule has 1 nitrogen and oxygen atoms in total.